The van der Waals surface area contributed by atoms with Crippen LogP contribution >= 0.6 is 0 Å². The van der Waals surface area contributed by atoms with Gasteiger partial charge in [0.15, 0.2) is 0 Å². The first-order valence-corrected chi connectivity index (χ1v) is 14.3. The molecule has 1 aromatic heterocycles. The Balaban J connectivity index is 1.04. The molecule has 1 aliphatic carbocycles. The fourth-order valence-electron chi connectivity index (χ4n) is 5.79. The van der Waals surface area contributed by atoms with Crippen molar-refractivity contribution in [2.75, 3.05) is 31.5 Å². The largest absolute Gasteiger partial charge is 0.445 e. The maximum absolute atomic E-state index is 13.2. The average Bonchev–Trinajstić information content (AvgIpc) is 2.97. The van der Waals surface area contributed by atoms with Crippen LogP contribution in [0, 0.1) is 0 Å². The number of carbonyl (C=O) groups excluding carboxylic acids is 2. The summed E-state index contributed by atoms with van der Waals surface area (Å²) >= 11 is 0. The maximum atomic E-state index is 13.2. The Bertz CT molecular complexity index is 1380. The van der Waals surface area contributed by atoms with Gasteiger partial charge in [0, 0.05) is 37.1 Å². The third-order valence-electron chi connectivity index (χ3n) is 8.06. The topological polar surface area (TPSA) is 99.7 Å². The Morgan fingerprint density at radius 2 is 1.79 bits per heavy atom. The van der Waals surface area contributed by atoms with Gasteiger partial charge in [-0.2, -0.15) is 13.2 Å². The molecule has 0 atom stereocenters. The standard InChI is InChI=1S/C30H35F3N6O3/c1-2-39(29(41)42-18-20-6-4-3-5-7-20)24-11-9-23(10-12-24)38-16-22(17-38)37-27(40)15-34-28-25-14-21(30(31,32)33)8-13-26(25)35-19-36-28/h3-8,13-14,19,22-24H,2,9-12,15-18H2,1H3,(H,37,40)(H,34,35,36)/t23-,24-. The highest BCUT2D eigenvalue weighted by atomic mass is 19.4. The van der Waals surface area contributed by atoms with Gasteiger partial charge in [-0.25, -0.2) is 14.8 Å². The van der Waals surface area contributed by atoms with Crippen LogP contribution in [-0.4, -0.2) is 76.1 Å². The molecule has 0 radical (unpaired) electrons. The Labute approximate surface area is 242 Å². The molecule has 2 aliphatic rings. The van der Waals surface area contributed by atoms with Crippen molar-refractivity contribution >= 4 is 28.7 Å². The zero-order valence-electron chi connectivity index (χ0n) is 23.4. The predicted octanol–water partition coefficient (Wildman–Crippen LogP) is 4.83. The van der Waals surface area contributed by atoms with E-state index in [1.54, 1.807) is 0 Å². The number of nitrogens with zero attached hydrogens (tertiary/aromatic N) is 4. The fraction of sp³-hybridized carbons (Fsp3) is 0.467. The second-order valence-electron chi connectivity index (χ2n) is 10.8. The number of rotatable bonds is 9. The highest BCUT2D eigenvalue weighted by Gasteiger charge is 2.37. The number of amides is 2. The minimum atomic E-state index is -4.49. The lowest BCUT2D eigenvalue weighted by Gasteiger charge is -2.47. The van der Waals surface area contributed by atoms with Crippen molar-refractivity contribution in [3.8, 4) is 0 Å². The van der Waals surface area contributed by atoms with E-state index in [2.05, 4.69) is 25.5 Å². The number of halogens is 3. The summed E-state index contributed by atoms with van der Waals surface area (Å²) in [4.78, 5) is 37.5. The molecule has 1 saturated heterocycles. The summed E-state index contributed by atoms with van der Waals surface area (Å²) in [7, 11) is 0. The number of anilines is 1. The van der Waals surface area contributed by atoms with Crippen LogP contribution in [0.1, 0.15) is 43.7 Å². The second kappa shape index (κ2) is 12.9. The van der Waals surface area contributed by atoms with E-state index in [4.69, 9.17) is 4.74 Å². The van der Waals surface area contributed by atoms with Crippen LogP contribution in [0.15, 0.2) is 54.9 Å². The monoisotopic (exact) mass is 584 g/mol. The van der Waals surface area contributed by atoms with Crippen LogP contribution in [0.5, 0.6) is 0 Å². The minimum Gasteiger partial charge on any atom is -0.445 e. The van der Waals surface area contributed by atoms with E-state index in [-0.39, 0.29) is 48.4 Å². The number of aromatic nitrogens is 2. The number of carbonyl (C=O) groups is 2. The smallest absolute Gasteiger partial charge is 0.416 e. The van der Waals surface area contributed by atoms with Crippen molar-refractivity contribution < 1.29 is 27.5 Å². The number of fused-ring (bicyclic) bond motifs is 1. The molecule has 0 unspecified atom stereocenters. The van der Waals surface area contributed by atoms with Crippen LogP contribution in [-0.2, 0) is 22.3 Å². The molecule has 9 nitrogen and oxygen atoms in total. The third kappa shape index (κ3) is 7.10. The van der Waals surface area contributed by atoms with E-state index < -0.39 is 11.7 Å². The van der Waals surface area contributed by atoms with Crippen LogP contribution in [0.2, 0.25) is 0 Å². The zero-order chi connectivity index (χ0) is 29.7. The number of likely N-dealkylation sites (tertiary alicyclic amines) is 1. The van der Waals surface area contributed by atoms with Gasteiger partial charge in [0.1, 0.15) is 18.8 Å². The van der Waals surface area contributed by atoms with Gasteiger partial charge >= 0.3 is 12.3 Å². The summed E-state index contributed by atoms with van der Waals surface area (Å²) in [5.41, 5.74) is 0.519. The molecule has 2 fully saturated rings. The summed E-state index contributed by atoms with van der Waals surface area (Å²) in [5.74, 6) is -0.0759. The predicted molar refractivity (Wildman–Crippen MR) is 152 cm³/mol. The first-order chi connectivity index (χ1) is 20.2. The molecule has 12 heteroatoms. The number of hydrogen-bond acceptors (Lipinski definition) is 7. The van der Waals surface area contributed by atoms with E-state index in [1.165, 1.54) is 12.4 Å². The molecule has 42 heavy (non-hydrogen) atoms. The molecule has 2 aromatic carbocycles. The number of alkyl halides is 3. The lowest BCUT2D eigenvalue weighted by atomic mass is 9.87. The van der Waals surface area contributed by atoms with Crippen molar-refractivity contribution in [3.63, 3.8) is 0 Å². The summed E-state index contributed by atoms with van der Waals surface area (Å²) in [6.45, 7) is 4.20. The molecule has 1 saturated carbocycles. The van der Waals surface area contributed by atoms with Crippen molar-refractivity contribution in [2.45, 2.75) is 63.5 Å². The summed E-state index contributed by atoms with van der Waals surface area (Å²) < 4.78 is 45.0. The summed E-state index contributed by atoms with van der Waals surface area (Å²) in [6, 6.07) is 13.5. The van der Waals surface area contributed by atoms with E-state index >= 15 is 0 Å². The molecular formula is C30H35F3N6O3. The van der Waals surface area contributed by atoms with Gasteiger partial charge < -0.3 is 20.3 Å². The third-order valence-corrected chi connectivity index (χ3v) is 8.06. The molecular weight excluding hydrogens is 549 g/mol. The molecule has 3 aromatic rings. The first kappa shape index (κ1) is 29.6. The second-order valence-corrected chi connectivity index (χ2v) is 10.8. The molecule has 1 aliphatic heterocycles. The lowest BCUT2D eigenvalue weighted by molar-refractivity contribution is -0.137. The zero-order valence-corrected chi connectivity index (χ0v) is 23.4. The van der Waals surface area contributed by atoms with E-state index in [1.807, 2.05) is 42.2 Å². The maximum Gasteiger partial charge on any atom is 0.416 e. The van der Waals surface area contributed by atoms with E-state index in [0.29, 0.717) is 18.1 Å². The number of nitrogens with one attached hydrogen (secondary N) is 2. The van der Waals surface area contributed by atoms with E-state index in [0.717, 1.165) is 56.5 Å². The molecule has 5 rings (SSSR count). The Kier molecular flexibility index (Phi) is 9.10. The van der Waals surface area contributed by atoms with Gasteiger partial charge in [0.25, 0.3) is 0 Å². The molecule has 0 bridgehead atoms. The Morgan fingerprint density at radius 3 is 2.48 bits per heavy atom. The fourth-order valence-corrected chi connectivity index (χ4v) is 5.79. The van der Waals surface area contributed by atoms with Crippen LogP contribution in [0.4, 0.5) is 23.8 Å². The number of ether oxygens (including phenoxy) is 1. The summed E-state index contributed by atoms with van der Waals surface area (Å²) in [5, 5.41) is 6.04. The first-order valence-electron chi connectivity index (χ1n) is 14.3. The minimum absolute atomic E-state index is 0.0103. The quantitative estimate of drug-likeness (QED) is 0.372. The van der Waals surface area contributed by atoms with Crippen LogP contribution < -0.4 is 10.6 Å². The van der Waals surface area contributed by atoms with Gasteiger partial charge in [-0.05, 0) is 56.4 Å². The van der Waals surface area contributed by atoms with Crippen LogP contribution in [0.3, 0.4) is 0 Å². The lowest BCUT2D eigenvalue weighted by Crippen LogP contribution is -2.63. The van der Waals surface area contributed by atoms with Gasteiger partial charge in [0.05, 0.1) is 23.7 Å². The molecule has 2 N–H and O–H groups in total. The van der Waals surface area contributed by atoms with Crippen molar-refractivity contribution in [1.29, 1.82) is 0 Å². The molecule has 0 spiro atoms. The molecule has 224 valence electrons. The molecule has 2 heterocycles. The Morgan fingerprint density at radius 1 is 1.05 bits per heavy atom. The number of benzene rings is 2. The highest BCUT2D eigenvalue weighted by molar-refractivity contribution is 5.91. The van der Waals surface area contributed by atoms with Gasteiger partial charge in [-0.15, -0.1) is 0 Å². The van der Waals surface area contributed by atoms with Crippen molar-refractivity contribution in [1.82, 2.24) is 25.1 Å². The molecule has 2 amide bonds. The Hall–Kier alpha value is -3.93. The van der Waals surface area contributed by atoms with Gasteiger partial charge in [0.2, 0.25) is 5.91 Å². The van der Waals surface area contributed by atoms with Crippen LogP contribution in [0.25, 0.3) is 10.9 Å². The van der Waals surface area contributed by atoms with Crippen molar-refractivity contribution in [2.24, 2.45) is 0 Å². The van der Waals surface area contributed by atoms with Crippen molar-refractivity contribution in [3.05, 3.63) is 66.0 Å². The number of hydrogen-bond donors (Lipinski definition) is 2. The highest BCUT2D eigenvalue weighted by Crippen LogP contribution is 2.33. The normalized spacial score (nSPS) is 19.6. The van der Waals surface area contributed by atoms with E-state index in [9.17, 15) is 22.8 Å². The summed E-state index contributed by atoms with van der Waals surface area (Å²) in [6.07, 6.45) is 0.227. The van der Waals surface area contributed by atoms with Gasteiger partial charge in [-0.3, -0.25) is 9.69 Å². The SMILES string of the molecule is CCN(C(=O)OCc1ccccc1)[C@H]1CC[C@H](N2CC(NC(=O)CNc3ncnc4ccc(C(F)(F)F)cc34)C2)CC1. The van der Waals surface area contributed by atoms with Gasteiger partial charge in [-0.1, -0.05) is 30.3 Å². The average molecular weight is 585 g/mol.